The second kappa shape index (κ2) is 5.48. The number of hydrogen-bond donors (Lipinski definition) is 2. The van der Waals surface area contributed by atoms with Gasteiger partial charge in [-0.2, -0.15) is 0 Å². The van der Waals surface area contributed by atoms with Crippen molar-refractivity contribution in [3.05, 3.63) is 53.6 Å². The molecule has 0 radical (unpaired) electrons. The van der Waals surface area contributed by atoms with Gasteiger partial charge in [-0.25, -0.2) is 0 Å². The van der Waals surface area contributed by atoms with Crippen LogP contribution < -0.4 is 4.90 Å². The molecule has 2 N–H and O–H groups in total. The van der Waals surface area contributed by atoms with Gasteiger partial charge in [-0.3, -0.25) is 0 Å². The minimum absolute atomic E-state index is 0.104. The van der Waals surface area contributed by atoms with Gasteiger partial charge in [0.05, 0.1) is 0 Å². The summed E-state index contributed by atoms with van der Waals surface area (Å²) >= 11 is 0. The molecule has 0 aliphatic carbocycles. The first-order valence-corrected chi connectivity index (χ1v) is 6.04. The van der Waals surface area contributed by atoms with Gasteiger partial charge in [0, 0.05) is 19.8 Å². The van der Waals surface area contributed by atoms with Gasteiger partial charge in [0.1, 0.15) is 0 Å². The molecule has 0 bridgehead atoms. The summed E-state index contributed by atoms with van der Waals surface area (Å²) in [6.07, 6.45) is 3.86. The maximum atomic E-state index is 9.41. The van der Waals surface area contributed by atoms with Crippen LogP contribution in [-0.2, 0) is 0 Å². The van der Waals surface area contributed by atoms with Crippen molar-refractivity contribution in [2.24, 2.45) is 0 Å². The molecule has 0 atom stereocenters. The predicted octanol–water partition coefficient (Wildman–Crippen LogP) is 3.33. The first-order valence-electron chi connectivity index (χ1n) is 6.04. The van der Waals surface area contributed by atoms with E-state index in [9.17, 15) is 10.2 Å². The van der Waals surface area contributed by atoms with E-state index in [2.05, 4.69) is 0 Å². The molecule has 98 valence electrons. The number of aromatic hydroxyl groups is 2. The molecule has 0 saturated heterocycles. The van der Waals surface area contributed by atoms with Crippen LogP contribution in [0.5, 0.6) is 11.5 Å². The van der Waals surface area contributed by atoms with Crippen molar-refractivity contribution in [3.8, 4) is 11.5 Å². The summed E-state index contributed by atoms with van der Waals surface area (Å²) in [5.74, 6) is -0.211. The van der Waals surface area contributed by atoms with Crippen LogP contribution in [0, 0.1) is 0 Å². The smallest absolute Gasteiger partial charge is 0.157 e. The molecule has 2 aromatic carbocycles. The Hall–Kier alpha value is -2.42. The highest BCUT2D eigenvalue weighted by Gasteiger charge is 1.98. The lowest BCUT2D eigenvalue weighted by Gasteiger charge is -2.11. The molecule has 0 spiro atoms. The van der Waals surface area contributed by atoms with Crippen LogP contribution in [0.3, 0.4) is 0 Å². The SMILES string of the molecule is CN(C)c1ccc(/C=C/c2ccc(O)c(O)c2)cc1. The number of phenolic OH excluding ortho intramolecular Hbond substituents is 2. The lowest BCUT2D eigenvalue weighted by atomic mass is 10.1. The van der Waals surface area contributed by atoms with E-state index in [1.807, 2.05) is 55.4 Å². The Labute approximate surface area is 113 Å². The molecule has 19 heavy (non-hydrogen) atoms. The van der Waals surface area contributed by atoms with Gasteiger partial charge < -0.3 is 15.1 Å². The van der Waals surface area contributed by atoms with Crippen LogP contribution in [-0.4, -0.2) is 24.3 Å². The monoisotopic (exact) mass is 255 g/mol. The molecule has 2 aromatic rings. The fourth-order valence-electron chi connectivity index (χ4n) is 1.72. The highest BCUT2D eigenvalue weighted by molar-refractivity contribution is 5.71. The zero-order valence-electron chi connectivity index (χ0n) is 11.0. The maximum absolute atomic E-state index is 9.41. The van der Waals surface area contributed by atoms with Gasteiger partial charge in [-0.15, -0.1) is 0 Å². The standard InChI is InChI=1S/C16H17NO2/c1-17(2)14-8-5-12(6-9-14)3-4-13-7-10-15(18)16(19)11-13/h3-11,18-19H,1-2H3/b4-3+. The maximum Gasteiger partial charge on any atom is 0.157 e. The van der Waals surface area contributed by atoms with E-state index in [1.54, 1.807) is 6.07 Å². The number of anilines is 1. The van der Waals surface area contributed by atoms with Gasteiger partial charge >= 0.3 is 0 Å². The third-order valence-corrected chi connectivity index (χ3v) is 2.88. The molecule has 0 aromatic heterocycles. The first-order chi connectivity index (χ1) is 9.06. The molecule has 0 aliphatic heterocycles. The van der Waals surface area contributed by atoms with E-state index in [1.165, 1.54) is 12.1 Å². The second-order valence-corrected chi connectivity index (χ2v) is 4.57. The predicted molar refractivity (Wildman–Crippen MR) is 79.5 cm³/mol. The number of benzene rings is 2. The lowest BCUT2D eigenvalue weighted by Crippen LogP contribution is -2.07. The third kappa shape index (κ3) is 3.28. The van der Waals surface area contributed by atoms with Crippen LogP contribution in [0.2, 0.25) is 0 Å². The average Bonchev–Trinajstić information content (AvgIpc) is 2.40. The topological polar surface area (TPSA) is 43.7 Å². The van der Waals surface area contributed by atoms with Gasteiger partial charge in [0.2, 0.25) is 0 Å². The zero-order valence-corrected chi connectivity index (χ0v) is 11.0. The molecule has 2 rings (SSSR count). The van der Waals surface area contributed by atoms with E-state index in [4.69, 9.17) is 0 Å². The summed E-state index contributed by atoms with van der Waals surface area (Å²) in [6, 6.07) is 12.9. The fourth-order valence-corrected chi connectivity index (χ4v) is 1.72. The van der Waals surface area contributed by atoms with E-state index in [-0.39, 0.29) is 11.5 Å². The summed E-state index contributed by atoms with van der Waals surface area (Å²) in [5.41, 5.74) is 3.07. The Kier molecular flexibility index (Phi) is 3.76. The van der Waals surface area contributed by atoms with Crippen molar-refractivity contribution >= 4 is 17.8 Å². The van der Waals surface area contributed by atoms with Crippen molar-refractivity contribution in [3.63, 3.8) is 0 Å². The zero-order chi connectivity index (χ0) is 13.8. The summed E-state index contributed by atoms with van der Waals surface area (Å²) < 4.78 is 0. The van der Waals surface area contributed by atoms with Crippen molar-refractivity contribution < 1.29 is 10.2 Å². The lowest BCUT2D eigenvalue weighted by molar-refractivity contribution is 0.403. The van der Waals surface area contributed by atoms with Crippen LogP contribution in [0.25, 0.3) is 12.2 Å². The highest BCUT2D eigenvalue weighted by atomic mass is 16.3. The molecule has 3 heteroatoms. The molecule has 0 aliphatic rings. The van der Waals surface area contributed by atoms with Crippen LogP contribution in [0.15, 0.2) is 42.5 Å². The van der Waals surface area contributed by atoms with E-state index < -0.39 is 0 Å². The largest absolute Gasteiger partial charge is 0.504 e. The molecular formula is C16H17NO2. The molecule has 3 nitrogen and oxygen atoms in total. The molecule has 0 unspecified atom stereocenters. The third-order valence-electron chi connectivity index (χ3n) is 2.88. The first kappa shape index (κ1) is 13.0. The van der Waals surface area contributed by atoms with Crippen molar-refractivity contribution in [1.82, 2.24) is 0 Å². The quantitative estimate of drug-likeness (QED) is 0.653. The Morgan fingerprint density at radius 3 is 1.95 bits per heavy atom. The van der Waals surface area contributed by atoms with Gasteiger partial charge in [0.15, 0.2) is 11.5 Å². The van der Waals surface area contributed by atoms with E-state index in [0.29, 0.717) is 0 Å². The Bertz CT molecular complexity index is 586. The number of nitrogens with zero attached hydrogens (tertiary/aromatic N) is 1. The minimum Gasteiger partial charge on any atom is -0.504 e. The summed E-state index contributed by atoms with van der Waals surface area (Å²) in [6.45, 7) is 0. The number of rotatable bonds is 3. The van der Waals surface area contributed by atoms with Gasteiger partial charge in [-0.1, -0.05) is 30.4 Å². The normalized spacial score (nSPS) is 10.8. The molecular weight excluding hydrogens is 238 g/mol. The van der Waals surface area contributed by atoms with E-state index in [0.717, 1.165) is 16.8 Å². The minimum atomic E-state index is -0.106. The summed E-state index contributed by atoms with van der Waals surface area (Å²) in [5, 5.41) is 18.6. The Morgan fingerprint density at radius 2 is 1.37 bits per heavy atom. The van der Waals surface area contributed by atoms with Crippen molar-refractivity contribution in [2.45, 2.75) is 0 Å². The summed E-state index contributed by atoms with van der Waals surface area (Å²) in [7, 11) is 4.01. The van der Waals surface area contributed by atoms with Crippen molar-refractivity contribution in [1.29, 1.82) is 0 Å². The average molecular weight is 255 g/mol. The number of hydrogen-bond acceptors (Lipinski definition) is 3. The highest BCUT2D eigenvalue weighted by Crippen LogP contribution is 2.25. The molecule has 0 heterocycles. The second-order valence-electron chi connectivity index (χ2n) is 4.57. The molecule has 0 fully saturated rings. The fraction of sp³-hybridized carbons (Fsp3) is 0.125. The van der Waals surface area contributed by atoms with Crippen molar-refractivity contribution in [2.75, 3.05) is 19.0 Å². The number of phenols is 2. The molecule has 0 amide bonds. The summed E-state index contributed by atoms with van der Waals surface area (Å²) in [4.78, 5) is 2.05. The van der Waals surface area contributed by atoms with E-state index >= 15 is 0 Å². The van der Waals surface area contributed by atoms with Gasteiger partial charge in [0.25, 0.3) is 0 Å². The van der Waals surface area contributed by atoms with Crippen LogP contribution in [0.4, 0.5) is 5.69 Å². The van der Waals surface area contributed by atoms with Crippen LogP contribution in [0.1, 0.15) is 11.1 Å². The Morgan fingerprint density at radius 1 is 0.789 bits per heavy atom. The Balaban J connectivity index is 2.15. The van der Waals surface area contributed by atoms with Crippen LogP contribution >= 0.6 is 0 Å². The molecule has 0 saturated carbocycles. The van der Waals surface area contributed by atoms with Gasteiger partial charge in [-0.05, 0) is 35.4 Å².